The van der Waals surface area contributed by atoms with Gasteiger partial charge < -0.3 is 15.1 Å². The number of pyridine rings is 1. The summed E-state index contributed by atoms with van der Waals surface area (Å²) in [4.78, 5) is 48.7. The molecule has 4 rings (SSSR count). The first-order chi connectivity index (χ1) is 16.0. The molecule has 10 nitrogen and oxygen atoms in total. The van der Waals surface area contributed by atoms with Crippen molar-refractivity contribution in [1.29, 1.82) is 0 Å². The molecule has 33 heavy (non-hydrogen) atoms. The second-order valence-corrected chi connectivity index (χ2v) is 8.46. The van der Waals surface area contributed by atoms with E-state index in [1.165, 1.54) is 0 Å². The maximum absolute atomic E-state index is 13.2. The third-order valence-corrected chi connectivity index (χ3v) is 6.02. The van der Waals surface area contributed by atoms with Crippen LogP contribution < -0.4 is 5.32 Å². The van der Waals surface area contributed by atoms with Crippen LogP contribution in [0.1, 0.15) is 32.1 Å². The van der Waals surface area contributed by atoms with Gasteiger partial charge in [-0.1, -0.05) is 6.07 Å². The molecule has 1 aromatic heterocycles. The van der Waals surface area contributed by atoms with Gasteiger partial charge in [0, 0.05) is 41.8 Å². The molecule has 2 aliphatic rings. The predicted octanol–water partition coefficient (Wildman–Crippen LogP) is 2.33. The molecule has 1 N–H and O–H groups in total. The maximum atomic E-state index is 13.2. The number of nitrogens with one attached hydrogen (secondary N) is 1. The number of hydrogen-bond acceptors (Lipinski definition) is 6. The molecule has 0 aliphatic carbocycles. The lowest BCUT2D eigenvalue weighted by atomic mass is 10.1. The Hall–Kier alpha value is -3.56. The minimum atomic E-state index is -0.747. The fourth-order valence-corrected chi connectivity index (χ4v) is 4.33. The molecule has 1 aromatic carbocycles. The second kappa shape index (κ2) is 10.4. The molecule has 1 unspecified atom stereocenters. The fourth-order valence-electron chi connectivity index (χ4n) is 4.33. The van der Waals surface area contributed by atoms with Crippen LogP contribution in [0.25, 0.3) is 10.9 Å². The highest BCUT2D eigenvalue weighted by Gasteiger charge is 2.30. The third-order valence-electron chi connectivity index (χ3n) is 6.02. The van der Waals surface area contributed by atoms with Crippen LogP contribution in [0, 0.1) is 10.1 Å². The highest BCUT2D eigenvalue weighted by Crippen LogP contribution is 2.19. The van der Waals surface area contributed by atoms with Crippen molar-refractivity contribution in [1.82, 2.24) is 14.8 Å². The lowest BCUT2D eigenvalue weighted by Crippen LogP contribution is -2.45. The first-order valence-electron chi connectivity index (χ1n) is 11.4. The number of carbonyl (C=O) groups excluding carboxylic acids is 2. The minimum absolute atomic E-state index is 0.0422. The maximum Gasteiger partial charge on any atom is 0.260 e. The standard InChI is InChI=1S/C23H28N6O4/c30-22(27-11-3-4-12-27)16-28-13-2-1-7-20(23(28)31)26-21(15-29(32)33)25-18-8-9-19-17(14-18)6-5-10-24-19/h5-6,8-10,14,20H,1-4,7,11-13,15-16H2,(H,25,26). The molecule has 0 radical (unpaired) electrons. The van der Waals surface area contributed by atoms with E-state index in [2.05, 4.69) is 15.3 Å². The smallest absolute Gasteiger partial charge is 0.260 e. The highest BCUT2D eigenvalue weighted by atomic mass is 16.6. The van der Waals surface area contributed by atoms with Crippen LogP contribution in [0.3, 0.4) is 0 Å². The van der Waals surface area contributed by atoms with Crippen LogP contribution in [0.5, 0.6) is 0 Å². The third kappa shape index (κ3) is 5.82. The van der Waals surface area contributed by atoms with E-state index in [0.717, 1.165) is 49.7 Å². The molecule has 2 amide bonds. The number of likely N-dealkylation sites (tertiary alicyclic amines) is 2. The van der Waals surface area contributed by atoms with Crippen molar-refractivity contribution < 1.29 is 14.5 Å². The van der Waals surface area contributed by atoms with Crippen molar-refractivity contribution in [3.05, 3.63) is 46.6 Å². The number of benzene rings is 1. The van der Waals surface area contributed by atoms with Gasteiger partial charge in [0.1, 0.15) is 6.04 Å². The van der Waals surface area contributed by atoms with Gasteiger partial charge in [0.05, 0.1) is 12.1 Å². The molecular weight excluding hydrogens is 424 g/mol. The lowest BCUT2D eigenvalue weighted by Gasteiger charge is -2.25. The van der Waals surface area contributed by atoms with Gasteiger partial charge in [-0.3, -0.25) is 29.7 Å². The van der Waals surface area contributed by atoms with Crippen molar-refractivity contribution in [3.63, 3.8) is 0 Å². The predicted molar refractivity (Wildman–Crippen MR) is 125 cm³/mol. The van der Waals surface area contributed by atoms with Gasteiger partial charge in [0.2, 0.25) is 11.8 Å². The molecule has 0 spiro atoms. The summed E-state index contributed by atoms with van der Waals surface area (Å²) in [5.74, 6) is -0.168. The van der Waals surface area contributed by atoms with Crippen molar-refractivity contribution in [2.75, 3.05) is 38.0 Å². The monoisotopic (exact) mass is 452 g/mol. The van der Waals surface area contributed by atoms with Crippen molar-refractivity contribution in [2.24, 2.45) is 4.99 Å². The Morgan fingerprint density at radius 1 is 1.18 bits per heavy atom. The number of aliphatic imine (C=N–C) groups is 1. The van der Waals surface area contributed by atoms with Crippen LogP contribution in [-0.2, 0) is 9.59 Å². The zero-order chi connectivity index (χ0) is 23.2. The van der Waals surface area contributed by atoms with Crippen LogP contribution in [0.2, 0.25) is 0 Å². The molecule has 2 saturated heterocycles. The minimum Gasteiger partial charge on any atom is -0.341 e. The molecule has 2 fully saturated rings. The van der Waals surface area contributed by atoms with Gasteiger partial charge in [-0.05, 0) is 56.4 Å². The molecule has 2 aromatic rings. The first-order valence-corrected chi connectivity index (χ1v) is 11.4. The summed E-state index contributed by atoms with van der Waals surface area (Å²) in [5, 5.41) is 15.2. The second-order valence-electron chi connectivity index (χ2n) is 8.46. The van der Waals surface area contributed by atoms with Crippen LogP contribution >= 0.6 is 0 Å². The molecule has 174 valence electrons. The van der Waals surface area contributed by atoms with Crippen LogP contribution in [-0.4, -0.2) is 76.1 Å². The molecule has 0 bridgehead atoms. The Bertz CT molecular complexity index is 1070. The van der Waals surface area contributed by atoms with Gasteiger partial charge in [0.15, 0.2) is 5.84 Å². The van der Waals surface area contributed by atoms with Gasteiger partial charge >= 0.3 is 0 Å². The van der Waals surface area contributed by atoms with E-state index in [1.807, 2.05) is 24.3 Å². The molecule has 10 heteroatoms. The molecule has 3 heterocycles. The van der Waals surface area contributed by atoms with E-state index in [4.69, 9.17) is 0 Å². The number of nitrogens with zero attached hydrogens (tertiary/aromatic N) is 5. The lowest BCUT2D eigenvalue weighted by molar-refractivity contribution is -0.463. The van der Waals surface area contributed by atoms with Gasteiger partial charge in [0.25, 0.3) is 6.54 Å². The van der Waals surface area contributed by atoms with Gasteiger partial charge in [-0.15, -0.1) is 0 Å². The number of hydrogen-bond donors (Lipinski definition) is 1. The average molecular weight is 453 g/mol. The summed E-state index contributed by atoms with van der Waals surface area (Å²) in [6, 6.07) is 8.42. The summed E-state index contributed by atoms with van der Waals surface area (Å²) in [5.41, 5.74) is 1.45. The van der Waals surface area contributed by atoms with E-state index in [0.29, 0.717) is 18.7 Å². The largest absolute Gasteiger partial charge is 0.341 e. The Labute approximate surface area is 191 Å². The van der Waals surface area contributed by atoms with Crippen molar-refractivity contribution in [2.45, 2.75) is 38.1 Å². The van der Waals surface area contributed by atoms with Gasteiger partial charge in [-0.2, -0.15) is 0 Å². The molecule has 0 saturated carbocycles. The van der Waals surface area contributed by atoms with E-state index < -0.39 is 17.5 Å². The normalized spacial score (nSPS) is 19.6. The van der Waals surface area contributed by atoms with E-state index in [-0.39, 0.29) is 24.2 Å². The van der Waals surface area contributed by atoms with Gasteiger partial charge in [-0.25, -0.2) is 0 Å². The van der Waals surface area contributed by atoms with Crippen molar-refractivity contribution >= 4 is 34.2 Å². The topological polar surface area (TPSA) is 121 Å². The number of fused-ring (bicyclic) bond motifs is 1. The Morgan fingerprint density at radius 2 is 1.97 bits per heavy atom. The quantitative estimate of drug-likeness (QED) is 0.311. The van der Waals surface area contributed by atoms with Crippen LogP contribution in [0.15, 0.2) is 41.5 Å². The fraction of sp³-hybridized carbons (Fsp3) is 0.478. The average Bonchev–Trinajstić information content (AvgIpc) is 3.29. The Kier molecular flexibility index (Phi) is 7.11. The highest BCUT2D eigenvalue weighted by molar-refractivity contribution is 6.00. The summed E-state index contributed by atoms with van der Waals surface area (Å²) in [6.07, 6.45) is 5.73. The summed E-state index contributed by atoms with van der Waals surface area (Å²) < 4.78 is 0. The number of anilines is 1. The molecule has 1 atom stereocenters. The summed E-state index contributed by atoms with van der Waals surface area (Å²) in [6.45, 7) is 1.49. The van der Waals surface area contributed by atoms with Crippen LogP contribution in [0.4, 0.5) is 5.69 Å². The number of carbonyl (C=O) groups is 2. The summed E-state index contributed by atoms with van der Waals surface area (Å²) >= 11 is 0. The zero-order valence-electron chi connectivity index (χ0n) is 18.5. The number of nitro groups is 1. The number of rotatable bonds is 6. The van der Waals surface area contributed by atoms with E-state index in [9.17, 15) is 19.7 Å². The van der Waals surface area contributed by atoms with E-state index >= 15 is 0 Å². The molecular formula is C23H28N6O4. The number of aromatic nitrogens is 1. The molecule has 2 aliphatic heterocycles. The SMILES string of the molecule is O=C(CN1CCCCC(N=C(C[N+](=O)[O-])Nc2ccc3ncccc3c2)C1=O)N1CCCC1. The Morgan fingerprint density at radius 3 is 2.76 bits per heavy atom. The van der Waals surface area contributed by atoms with Crippen molar-refractivity contribution in [3.8, 4) is 0 Å². The Balaban J connectivity index is 1.52. The van der Waals surface area contributed by atoms with E-state index in [1.54, 1.807) is 22.1 Å². The number of amidine groups is 1. The zero-order valence-corrected chi connectivity index (χ0v) is 18.5. The number of amides is 2. The first kappa shape index (κ1) is 22.6. The summed E-state index contributed by atoms with van der Waals surface area (Å²) in [7, 11) is 0.